The number of nitrogens with zero attached hydrogens (tertiary/aromatic N) is 3. The van der Waals surface area contributed by atoms with Crippen molar-refractivity contribution in [2.45, 2.75) is 6.92 Å². The van der Waals surface area contributed by atoms with Crippen LogP contribution in [0.3, 0.4) is 0 Å². The lowest BCUT2D eigenvalue weighted by molar-refractivity contribution is -0.140. The van der Waals surface area contributed by atoms with Crippen LogP contribution in [0.25, 0.3) is 0 Å². The van der Waals surface area contributed by atoms with Crippen LogP contribution in [0.2, 0.25) is 0 Å². The first-order valence-electron chi connectivity index (χ1n) is 6.62. The SMILES string of the molecule is CCN1CCN(CC(=O)O)CCN(CC(=O)O)CC1. The number of carboxylic acid groups (broad SMARTS) is 2. The van der Waals surface area contributed by atoms with Gasteiger partial charge in [-0.15, -0.1) is 0 Å². The molecule has 1 fully saturated rings. The highest BCUT2D eigenvalue weighted by Crippen LogP contribution is 2.00. The van der Waals surface area contributed by atoms with Crippen LogP contribution in [0.15, 0.2) is 0 Å². The molecule has 0 saturated carbocycles. The molecule has 1 heterocycles. The van der Waals surface area contributed by atoms with Crippen LogP contribution < -0.4 is 0 Å². The van der Waals surface area contributed by atoms with Crippen LogP contribution in [-0.2, 0) is 9.59 Å². The van der Waals surface area contributed by atoms with Crippen LogP contribution in [0.1, 0.15) is 6.92 Å². The number of rotatable bonds is 5. The van der Waals surface area contributed by atoms with Crippen molar-refractivity contribution in [1.29, 1.82) is 0 Å². The van der Waals surface area contributed by atoms with Gasteiger partial charge in [-0.2, -0.15) is 0 Å². The quantitative estimate of drug-likeness (QED) is 0.671. The van der Waals surface area contributed by atoms with Gasteiger partial charge < -0.3 is 15.1 Å². The van der Waals surface area contributed by atoms with Crippen LogP contribution in [0.5, 0.6) is 0 Å². The van der Waals surface area contributed by atoms with E-state index in [1.807, 2.05) is 9.80 Å². The molecule has 0 atom stereocenters. The van der Waals surface area contributed by atoms with Gasteiger partial charge in [0, 0.05) is 39.3 Å². The Labute approximate surface area is 113 Å². The van der Waals surface area contributed by atoms with Gasteiger partial charge in [0.05, 0.1) is 13.1 Å². The Morgan fingerprint density at radius 3 is 1.37 bits per heavy atom. The summed E-state index contributed by atoms with van der Waals surface area (Å²) < 4.78 is 0. The summed E-state index contributed by atoms with van der Waals surface area (Å²) in [6.45, 7) is 7.23. The first-order valence-corrected chi connectivity index (χ1v) is 6.62. The predicted octanol–water partition coefficient (Wildman–Crippen LogP) is -0.905. The van der Waals surface area contributed by atoms with Gasteiger partial charge in [-0.25, -0.2) is 0 Å². The minimum Gasteiger partial charge on any atom is -0.480 e. The Morgan fingerprint density at radius 2 is 1.11 bits per heavy atom. The molecule has 110 valence electrons. The molecular formula is C12H23N3O4. The molecule has 0 aromatic rings. The number of carbonyl (C=O) groups is 2. The van der Waals surface area contributed by atoms with Crippen LogP contribution in [0.4, 0.5) is 0 Å². The second-order valence-electron chi connectivity index (χ2n) is 4.77. The van der Waals surface area contributed by atoms with Gasteiger partial charge in [0.1, 0.15) is 0 Å². The summed E-state index contributed by atoms with van der Waals surface area (Å²) in [5.41, 5.74) is 0. The van der Waals surface area contributed by atoms with E-state index in [1.165, 1.54) is 0 Å². The Hall–Kier alpha value is -1.18. The molecule has 0 aliphatic carbocycles. The normalized spacial score (nSPS) is 20.5. The van der Waals surface area contributed by atoms with Crippen molar-refractivity contribution in [1.82, 2.24) is 14.7 Å². The molecule has 2 N–H and O–H groups in total. The minimum absolute atomic E-state index is 0.0124. The Bertz CT molecular complexity index is 283. The van der Waals surface area contributed by atoms with E-state index in [0.29, 0.717) is 26.2 Å². The summed E-state index contributed by atoms with van der Waals surface area (Å²) in [6.07, 6.45) is 0. The highest BCUT2D eigenvalue weighted by Gasteiger charge is 2.18. The zero-order valence-electron chi connectivity index (χ0n) is 11.4. The van der Waals surface area contributed by atoms with E-state index in [0.717, 1.165) is 19.6 Å². The van der Waals surface area contributed by atoms with Gasteiger partial charge >= 0.3 is 11.9 Å². The Morgan fingerprint density at radius 1 is 0.789 bits per heavy atom. The average molecular weight is 273 g/mol. The smallest absolute Gasteiger partial charge is 0.317 e. The van der Waals surface area contributed by atoms with E-state index in [9.17, 15) is 9.59 Å². The van der Waals surface area contributed by atoms with E-state index in [1.54, 1.807) is 0 Å². The van der Waals surface area contributed by atoms with Gasteiger partial charge in [-0.1, -0.05) is 6.92 Å². The van der Waals surface area contributed by atoms with E-state index in [-0.39, 0.29) is 13.1 Å². The lowest BCUT2D eigenvalue weighted by Crippen LogP contribution is -2.40. The highest BCUT2D eigenvalue weighted by molar-refractivity contribution is 5.69. The second-order valence-corrected chi connectivity index (χ2v) is 4.77. The van der Waals surface area contributed by atoms with Crippen molar-refractivity contribution in [2.24, 2.45) is 0 Å². The van der Waals surface area contributed by atoms with Crippen LogP contribution in [-0.4, -0.2) is 95.8 Å². The molecule has 7 nitrogen and oxygen atoms in total. The molecule has 0 amide bonds. The maximum absolute atomic E-state index is 10.8. The van der Waals surface area contributed by atoms with Crippen molar-refractivity contribution in [3.63, 3.8) is 0 Å². The number of hydrogen-bond acceptors (Lipinski definition) is 5. The summed E-state index contributed by atoms with van der Waals surface area (Å²) in [5.74, 6) is -1.68. The molecule has 0 unspecified atom stereocenters. The van der Waals surface area contributed by atoms with Gasteiger partial charge in [0.15, 0.2) is 0 Å². The topological polar surface area (TPSA) is 84.3 Å². The van der Waals surface area contributed by atoms with Crippen molar-refractivity contribution in [2.75, 3.05) is 58.9 Å². The lowest BCUT2D eigenvalue weighted by atomic mass is 10.4. The minimum atomic E-state index is -0.841. The summed E-state index contributed by atoms with van der Waals surface area (Å²) in [5, 5.41) is 17.7. The Balaban J connectivity index is 2.60. The van der Waals surface area contributed by atoms with E-state index in [4.69, 9.17) is 10.2 Å². The summed E-state index contributed by atoms with van der Waals surface area (Å²) >= 11 is 0. The van der Waals surface area contributed by atoms with Crippen molar-refractivity contribution >= 4 is 11.9 Å². The first kappa shape index (κ1) is 15.9. The van der Waals surface area contributed by atoms with Crippen molar-refractivity contribution in [3.8, 4) is 0 Å². The molecule has 1 aliphatic rings. The largest absolute Gasteiger partial charge is 0.480 e. The fourth-order valence-corrected chi connectivity index (χ4v) is 2.20. The predicted molar refractivity (Wildman–Crippen MR) is 70.3 cm³/mol. The average Bonchev–Trinajstić information content (AvgIpc) is 2.41. The third kappa shape index (κ3) is 6.51. The maximum Gasteiger partial charge on any atom is 0.317 e. The molecular weight excluding hydrogens is 250 g/mol. The van der Waals surface area contributed by atoms with E-state index < -0.39 is 11.9 Å². The molecule has 0 aromatic heterocycles. The summed E-state index contributed by atoms with van der Waals surface area (Å²) in [4.78, 5) is 27.5. The fraction of sp³-hybridized carbons (Fsp3) is 0.833. The molecule has 0 bridgehead atoms. The fourth-order valence-electron chi connectivity index (χ4n) is 2.20. The number of likely N-dealkylation sites (N-methyl/N-ethyl adjacent to an activating group) is 1. The standard InChI is InChI=1S/C12H23N3O4/c1-2-13-3-5-14(9-11(16)17)7-8-15(6-4-13)10-12(18)19/h2-10H2,1H3,(H,16,17)(H,18,19). The zero-order chi connectivity index (χ0) is 14.3. The molecule has 0 aromatic carbocycles. The van der Waals surface area contributed by atoms with E-state index in [2.05, 4.69) is 11.8 Å². The number of aliphatic carboxylic acids is 2. The monoisotopic (exact) mass is 273 g/mol. The van der Waals surface area contributed by atoms with E-state index >= 15 is 0 Å². The Kier molecular flexibility index (Phi) is 6.75. The zero-order valence-corrected chi connectivity index (χ0v) is 11.4. The molecule has 1 aliphatic heterocycles. The molecule has 0 spiro atoms. The molecule has 1 rings (SSSR count). The van der Waals surface area contributed by atoms with Gasteiger partial charge in [-0.05, 0) is 6.54 Å². The number of carboxylic acids is 2. The third-order valence-electron chi connectivity index (χ3n) is 3.36. The first-order chi connectivity index (χ1) is 9.01. The lowest BCUT2D eigenvalue weighted by Gasteiger charge is -2.23. The summed E-state index contributed by atoms with van der Waals surface area (Å²) in [6, 6.07) is 0. The van der Waals surface area contributed by atoms with Gasteiger partial charge in [0.25, 0.3) is 0 Å². The van der Waals surface area contributed by atoms with Gasteiger partial charge in [0.2, 0.25) is 0 Å². The molecule has 1 saturated heterocycles. The molecule has 19 heavy (non-hydrogen) atoms. The third-order valence-corrected chi connectivity index (χ3v) is 3.36. The second kappa shape index (κ2) is 8.08. The van der Waals surface area contributed by atoms with Gasteiger partial charge in [-0.3, -0.25) is 19.4 Å². The molecule has 7 heteroatoms. The molecule has 0 radical (unpaired) electrons. The highest BCUT2D eigenvalue weighted by atomic mass is 16.4. The maximum atomic E-state index is 10.8. The summed E-state index contributed by atoms with van der Waals surface area (Å²) in [7, 11) is 0. The van der Waals surface area contributed by atoms with Crippen LogP contribution >= 0.6 is 0 Å². The number of hydrogen-bond donors (Lipinski definition) is 2. The van der Waals surface area contributed by atoms with Crippen LogP contribution in [0, 0.1) is 0 Å². The van der Waals surface area contributed by atoms with Crippen molar-refractivity contribution in [3.05, 3.63) is 0 Å². The van der Waals surface area contributed by atoms with Crippen molar-refractivity contribution < 1.29 is 19.8 Å².